The quantitative estimate of drug-likeness (QED) is 0.802. The van der Waals surface area contributed by atoms with Gasteiger partial charge in [0.05, 0.1) is 7.11 Å². The van der Waals surface area contributed by atoms with Gasteiger partial charge in [-0.25, -0.2) is 9.59 Å². The summed E-state index contributed by atoms with van der Waals surface area (Å²) in [5, 5.41) is 17.5. The van der Waals surface area contributed by atoms with Crippen LogP contribution < -0.4 is 9.47 Å². The number of carbonyl (C=O) groups is 2. The predicted molar refractivity (Wildman–Crippen MR) is 57.8 cm³/mol. The van der Waals surface area contributed by atoms with Crippen LogP contribution in [0.4, 0.5) is 0 Å². The number of ether oxygens (including phenoxy) is 2. The highest BCUT2D eigenvalue weighted by Crippen LogP contribution is 2.29. The average Bonchev–Trinajstić information content (AvgIpc) is 2.25. The summed E-state index contributed by atoms with van der Waals surface area (Å²) in [4.78, 5) is 21.4. The average molecular weight is 240 g/mol. The Kier molecular flexibility index (Phi) is 3.92. The molecule has 0 amide bonds. The first-order chi connectivity index (χ1) is 7.95. The van der Waals surface area contributed by atoms with Crippen molar-refractivity contribution in [2.24, 2.45) is 0 Å². The molecule has 1 aromatic rings. The van der Waals surface area contributed by atoms with Crippen LogP contribution in [0.25, 0.3) is 0 Å². The Labute approximate surface area is 97.4 Å². The van der Waals surface area contributed by atoms with Crippen LogP contribution in [0, 0.1) is 6.92 Å². The van der Waals surface area contributed by atoms with Gasteiger partial charge < -0.3 is 19.7 Å². The Bertz CT molecular complexity index is 452. The Morgan fingerprint density at radius 2 is 1.94 bits per heavy atom. The standard InChI is InChI=1S/C11H12O6/c1-6-3-7(16-2)4-8(11(14)15)10(6)17-5-9(12)13/h3-4H,5H2,1-2H3,(H,12,13)(H,14,15). The first kappa shape index (κ1) is 12.8. The highest BCUT2D eigenvalue weighted by Gasteiger charge is 2.17. The molecular weight excluding hydrogens is 228 g/mol. The largest absolute Gasteiger partial charge is 0.497 e. The molecule has 0 bridgehead atoms. The number of aryl methyl sites for hydroxylation is 1. The van der Waals surface area contributed by atoms with E-state index >= 15 is 0 Å². The van der Waals surface area contributed by atoms with E-state index < -0.39 is 18.5 Å². The van der Waals surface area contributed by atoms with Crippen molar-refractivity contribution in [3.63, 3.8) is 0 Å². The molecule has 0 saturated heterocycles. The molecule has 92 valence electrons. The number of benzene rings is 1. The normalized spacial score (nSPS) is 9.76. The topological polar surface area (TPSA) is 93.1 Å². The second-order valence-electron chi connectivity index (χ2n) is 3.31. The van der Waals surface area contributed by atoms with Crippen LogP contribution in [-0.4, -0.2) is 35.9 Å². The number of methoxy groups -OCH3 is 1. The first-order valence-electron chi connectivity index (χ1n) is 4.72. The van der Waals surface area contributed by atoms with E-state index in [2.05, 4.69) is 0 Å². The second-order valence-corrected chi connectivity index (χ2v) is 3.31. The van der Waals surface area contributed by atoms with E-state index in [9.17, 15) is 9.59 Å². The highest BCUT2D eigenvalue weighted by atomic mass is 16.5. The summed E-state index contributed by atoms with van der Waals surface area (Å²) in [6, 6.07) is 2.86. The summed E-state index contributed by atoms with van der Waals surface area (Å²) in [6.45, 7) is 1.03. The third-order valence-electron chi connectivity index (χ3n) is 2.05. The molecule has 0 heterocycles. The molecule has 0 aromatic heterocycles. The van der Waals surface area contributed by atoms with Crippen LogP contribution in [0.1, 0.15) is 15.9 Å². The Morgan fingerprint density at radius 3 is 2.41 bits per heavy atom. The number of hydrogen-bond donors (Lipinski definition) is 2. The van der Waals surface area contributed by atoms with Crippen molar-refractivity contribution in [2.75, 3.05) is 13.7 Å². The van der Waals surface area contributed by atoms with Crippen LogP contribution >= 0.6 is 0 Å². The summed E-state index contributed by atoms with van der Waals surface area (Å²) in [5.41, 5.74) is 0.381. The van der Waals surface area contributed by atoms with Gasteiger partial charge in [0.1, 0.15) is 17.1 Å². The Balaban J connectivity index is 3.17. The van der Waals surface area contributed by atoms with Gasteiger partial charge in [-0.1, -0.05) is 0 Å². The van der Waals surface area contributed by atoms with Crippen molar-refractivity contribution in [1.29, 1.82) is 0 Å². The van der Waals surface area contributed by atoms with Crippen molar-refractivity contribution < 1.29 is 29.3 Å². The van der Waals surface area contributed by atoms with E-state index in [1.54, 1.807) is 13.0 Å². The first-order valence-corrected chi connectivity index (χ1v) is 4.72. The van der Waals surface area contributed by atoms with Crippen LogP contribution in [0.3, 0.4) is 0 Å². The monoisotopic (exact) mass is 240 g/mol. The zero-order chi connectivity index (χ0) is 13.0. The van der Waals surface area contributed by atoms with Gasteiger partial charge in [-0.15, -0.1) is 0 Å². The molecule has 0 aliphatic heterocycles. The maximum absolute atomic E-state index is 11.0. The van der Waals surface area contributed by atoms with E-state index in [-0.39, 0.29) is 11.3 Å². The summed E-state index contributed by atoms with van der Waals surface area (Å²) < 4.78 is 9.89. The molecule has 2 N–H and O–H groups in total. The fourth-order valence-corrected chi connectivity index (χ4v) is 1.34. The molecule has 17 heavy (non-hydrogen) atoms. The maximum atomic E-state index is 11.0. The molecule has 1 rings (SSSR count). The lowest BCUT2D eigenvalue weighted by Gasteiger charge is -2.12. The van der Waals surface area contributed by atoms with E-state index in [1.807, 2.05) is 0 Å². The minimum absolute atomic E-state index is 0.0423. The van der Waals surface area contributed by atoms with Crippen molar-refractivity contribution in [3.8, 4) is 11.5 Å². The fraction of sp³-hybridized carbons (Fsp3) is 0.273. The smallest absolute Gasteiger partial charge is 0.341 e. The van der Waals surface area contributed by atoms with Crippen LogP contribution in [0.2, 0.25) is 0 Å². The maximum Gasteiger partial charge on any atom is 0.341 e. The molecule has 6 heteroatoms. The zero-order valence-corrected chi connectivity index (χ0v) is 9.39. The van der Waals surface area contributed by atoms with Crippen LogP contribution in [0.5, 0.6) is 11.5 Å². The molecule has 0 saturated carbocycles. The van der Waals surface area contributed by atoms with Crippen molar-refractivity contribution in [1.82, 2.24) is 0 Å². The van der Waals surface area contributed by atoms with Crippen LogP contribution in [0.15, 0.2) is 12.1 Å². The minimum atomic E-state index is -1.20. The van der Waals surface area contributed by atoms with Crippen LogP contribution in [-0.2, 0) is 4.79 Å². The lowest BCUT2D eigenvalue weighted by Crippen LogP contribution is -2.13. The predicted octanol–water partition coefficient (Wildman–Crippen LogP) is 1.17. The van der Waals surface area contributed by atoms with E-state index in [0.29, 0.717) is 11.3 Å². The third-order valence-corrected chi connectivity index (χ3v) is 2.05. The van der Waals surface area contributed by atoms with Gasteiger partial charge >= 0.3 is 11.9 Å². The van der Waals surface area contributed by atoms with Crippen molar-refractivity contribution in [2.45, 2.75) is 6.92 Å². The van der Waals surface area contributed by atoms with Crippen molar-refractivity contribution >= 4 is 11.9 Å². The molecule has 6 nitrogen and oxygen atoms in total. The minimum Gasteiger partial charge on any atom is -0.497 e. The van der Waals surface area contributed by atoms with Gasteiger partial charge in [0.2, 0.25) is 0 Å². The lowest BCUT2D eigenvalue weighted by molar-refractivity contribution is -0.139. The summed E-state index contributed by atoms with van der Waals surface area (Å²) in [6.07, 6.45) is 0. The lowest BCUT2D eigenvalue weighted by atomic mass is 10.1. The summed E-state index contributed by atoms with van der Waals surface area (Å²) in [7, 11) is 1.41. The second kappa shape index (κ2) is 5.20. The molecular formula is C11H12O6. The van der Waals surface area contributed by atoms with Gasteiger partial charge in [-0.2, -0.15) is 0 Å². The number of hydrogen-bond acceptors (Lipinski definition) is 4. The number of aromatic carboxylic acids is 1. The fourth-order valence-electron chi connectivity index (χ4n) is 1.34. The summed E-state index contributed by atoms with van der Waals surface area (Å²) >= 11 is 0. The molecule has 0 atom stereocenters. The summed E-state index contributed by atoms with van der Waals surface area (Å²) in [5.74, 6) is -1.95. The number of carboxylic acid groups (broad SMARTS) is 2. The van der Waals surface area contributed by atoms with Gasteiger partial charge in [0, 0.05) is 0 Å². The molecule has 0 spiro atoms. The molecule has 0 radical (unpaired) electrons. The Morgan fingerprint density at radius 1 is 1.29 bits per heavy atom. The van der Waals surface area contributed by atoms with E-state index in [1.165, 1.54) is 13.2 Å². The molecule has 0 aliphatic rings. The van der Waals surface area contributed by atoms with Gasteiger partial charge in [-0.05, 0) is 24.6 Å². The highest BCUT2D eigenvalue weighted by molar-refractivity contribution is 5.92. The van der Waals surface area contributed by atoms with Gasteiger partial charge in [0.25, 0.3) is 0 Å². The van der Waals surface area contributed by atoms with E-state index in [4.69, 9.17) is 19.7 Å². The van der Waals surface area contributed by atoms with Crippen molar-refractivity contribution in [3.05, 3.63) is 23.3 Å². The molecule has 0 fully saturated rings. The number of carboxylic acids is 2. The number of aliphatic carboxylic acids is 1. The Hall–Kier alpha value is -2.24. The van der Waals surface area contributed by atoms with Gasteiger partial charge in [-0.3, -0.25) is 0 Å². The SMILES string of the molecule is COc1cc(C)c(OCC(=O)O)c(C(=O)O)c1. The van der Waals surface area contributed by atoms with E-state index in [0.717, 1.165) is 0 Å². The zero-order valence-electron chi connectivity index (χ0n) is 9.39. The van der Waals surface area contributed by atoms with Gasteiger partial charge in [0.15, 0.2) is 6.61 Å². The molecule has 0 unspecified atom stereocenters. The molecule has 0 aliphatic carbocycles. The number of rotatable bonds is 5. The third kappa shape index (κ3) is 3.10. The molecule has 1 aromatic carbocycles.